The maximum Gasteiger partial charge on any atom is 0.148 e. The number of aliphatic hydroxyl groups is 1. The van der Waals surface area contributed by atoms with Gasteiger partial charge in [-0.25, -0.2) is 15.8 Å². The number of rotatable bonds is 6. The highest BCUT2D eigenvalue weighted by Gasteiger charge is 2.04. The Kier molecular flexibility index (Phi) is 4.94. The van der Waals surface area contributed by atoms with E-state index < -0.39 is 0 Å². The number of hydrazine groups is 1. The van der Waals surface area contributed by atoms with Crippen LogP contribution in [-0.2, 0) is 0 Å². The Bertz CT molecular complexity index is 329. The van der Waals surface area contributed by atoms with Crippen LogP contribution >= 0.6 is 0 Å². The maximum atomic E-state index is 9.11. The Hall–Kier alpha value is -1.40. The summed E-state index contributed by atoms with van der Waals surface area (Å²) < 4.78 is 0. The third-order valence-electron chi connectivity index (χ3n) is 2.31. The van der Waals surface area contributed by atoms with Crippen LogP contribution in [0.25, 0.3) is 0 Å². The van der Waals surface area contributed by atoms with Gasteiger partial charge in [-0.15, -0.1) is 0 Å². The smallest absolute Gasteiger partial charge is 0.148 e. The molecule has 0 fully saturated rings. The molecule has 1 aromatic heterocycles. The number of nitrogens with one attached hydrogen (secondary N) is 2. The SMILES string of the molecule is Cc1c(NN)ncnc1NCCCC(C)O. The average Bonchev–Trinajstić information content (AvgIpc) is 2.26. The summed E-state index contributed by atoms with van der Waals surface area (Å²) in [5, 5.41) is 12.3. The Morgan fingerprint density at radius 1 is 1.44 bits per heavy atom. The molecule has 6 nitrogen and oxygen atoms in total. The van der Waals surface area contributed by atoms with Crippen LogP contribution < -0.4 is 16.6 Å². The lowest BCUT2D eigenvalue weighted by Gasteiger charge is -2.11. The lowest BCUT2D eigenvalue weighted by Crippen LogP contribution is -2.13. The van der Waals surface area contributed by atoms with Crippen molar-refractivity contribution < 1.29 is 5.11 Å². The zero-order valence-corrected chi connectivity index (χ0v) is 9.70. The molecule has 0 amide bonds. The number of aromatic nitrogens is 2. The second kappa shape index (κ2) is 6.24. The van der Waals surface area contributed by atoms with E-state index in [9.17, 15) is 0 Å². The van der Waals surface area contributed by atoms with Crippen LogP contribution in [-0.4, -0.2) is 27.7 Å². The molecule has 16 heavy (non-hydrogen) atoms. The van der Waals surface area contributed by atoms with Crippen molar-refractivity contribution in [2.45, 2.75) is 32.8 Å². The Balaban J connectivity index is 2.47. The molecule has 90 valence electrons. The van der Waals surface area contributed by atoms with Crippen LogP contribution in [0.3, 0.4) is 0 Å². The molecule has 5 N–H and O–H groups in total. The van der Waals surface area contributed by atoms with Gasteiger partial charge >= 0.3 is 0 Å². The van der Waals surface area contributed by atoms with Gasteiger partial charge < -0.3 is 15.8 Å². The molecule has 0 aliphatic carbocycles. The van der Waals surface area contributed by atoms with Crippen LogP contribution in [0.15, 0.2) is 6.33 Å². The second-order valence-corrected chi connectivity index (χ2v) is 3.76. The van der Waals surface area contributed by atoms with Crippen molar-refractivity contribution >= 4 is 11.6 Å². The minimum absolute atomic E-state index is 0.255. The van der Waals surface area contributed by atoms with Gasteiger partial charge in [0.05, 0.1) is 6.10 Å². The average molecular weight is 225 g/mol. The van der Waals surface area contributed by atoms with Crippen molar-refractivity contribution in [3.63, 3.8) is 0 Å². The van der Waals surface area contributed by atoms with Crippen molar-refractivity contribution in [2.24, 2.45) is 5.84 Å². The third-order valence-corrected chi connectivity index (χ3v) is 2.31. The number of nitrogens with two attached hydrogens (primary N) is 1. The van der Waals surface area contributed by atoms with Crippen molar-refractivity contribution in [1.29, 1.82) is 0 Å². The van der Waals surface area contributed by atoms with Gasteiger partial charge in [-0.3, -0.25) is 0 Å². The summed E-state index contributed by atoms with van der Waals surface area (Å²) in [5.74, 6) is 6.70. The highest BCUT2D eigenvalue weighted by Crippen LogP contribution is 2.16. The molecular weight excluding hydrogens is 206 g/mol. The van der Waals surface area contributed by atoms with E-state index >= 15 is 0 Å². The molecule has 0 radical (unpaired) electrons. The molecule has 0 bridgehead atoms. The van der Waals surface area contributed by atoms with E-state index in [0.29, 0.717) is 5.82 Å². The van der Waals surface area contributed by atoms with Crippen LogP contribution in [0.5, 0.6) is 0 Å². The molecule has 1 heterocycles. The number of hydrogen-bond donors (Lipinski definition) is 4. The first-order valence-corrected chi connectivity index (χ1v) is 5.35. The molecule has 1 aromatic rings. The molecule has 0 saturated heterocycles. The maximum absolute atomic E-state index is 9.11. The molecule has 1 rings (SSSR count). The fourth-order valence-corrected chi connectivity index (χ4v) is 1.38. The van der Waals surface area contributed by atoms with Crippen molar-refractivity contribution in [1.82, 2.24) is 9.97 Å². The van der Waals surface area contributed by atoms with Crippen LogP contribution in [0.2, 0.25) is 0 Å². The number of hydrogen-bond acceptors (Lipinski definition) is 6. The van der Waals surface area contributed by atoms with E-state index in [1.165, 1.54) is 6.33 Å². The Labute approximate surface area is 95.3 Å². The predicted molar refractivity (Wildman–Crippen MR) is 64.0 cm³/mol. The molecule has 1 unspecified atom stereocenters. The fourth-order valence-electron chi connectivity index (χ4n) is 1.38. The summed E-state index contributed by atoms with van der Waals surface area (Å²) in [6.45, 7) is 4.45. The summed E-state index contributed by atoms with van der Waals surface area (Å²) >= 11 is 0. The number of aliphatic hydroxyl groups excluding tert-OH is 1. The molecule has 0 aliphatic rings. The van der Waals surface area contributed by atoms with Gasteiger partial charge in [0, 0.05) is 12.1 Å². The first-order valence-electron chi connectivity index (χ1n) is 5.35. The molecular formula is C10H19N5O. The van der Waals surface area contributed by atoms with Crippen molar-refractivity contribution in [3.05, 3.63) is 11.9 Å². The Morgan fingerprint density at radius 2 is 2.12 bits per heavy atom. The first-order chi connectivity index (χ1) is 7.65. The summed E-state index contributed by atoms with van der Waals surface area (Å²) in [7, 11) is 0. The normalized spacial score (nSPS) is 12.2. The largest absolute Gasteiger partial charge is 0.393 e. The quantitative estimate of drug-likeness (QED) is 0.322. The highest BCUT2D eigenvalue weighted by molar-refractivity contribution is 5.55. The summed E-state index contributed by atoms with van der Waals surface area (Å²) in [4.78, 5) is 8.11. The molecule has 1 atom stereocenters. The van der Waals surface area contributed by atoms with E-state index in [4.69, 9.17) is 10.9 Å². The third kappa shape index (κ3) is 3.63. The van der Waals surface area contributed by atoms with E-state index in [0.717, 1.165) is 30.8 Å². The standard InChI is InChI=1S/C10H19N5O/c1-7(16)4-3-5-12-9-8(2)10(15-11)14-6-13-9/h6-7,16H,3-5,11H2,1-2H3,(H2,12,13,14,15). The number of nitrogen functional groups attached to an aromatic ring is 1. The summed E-state index contributed by atoms with van der Waals surface area (Å²) in [6, 6.07) is 0. The minimum atomic E-state index is -0.255. The summed E-state index contributed by atoms with van der Waals surface area (Å²) in [5.41, 5.74) is 3.40. The van der Waals surface area contributed by atoms with Crippen LogP contribution in [0.1, 0.15) is 25.3 Å². The van der Waals surface area contributed by atoms with Gasteiger partial charge in [0.1, 0.15) is 18.0 Å². The minimum Gasteiger partial charge on any atom is -0.393 e. The van der Waals surface area contributed by atoms with E-state index in [1.54, 1.807) is 6.92 Å². The van der Waals surface area contributed by atoms with Gasteiger partial charge in [0.25, 0.3) is 0 Å². The highest BCUT2D eigenvalue weighted by atomic mass is 16.3. The van der Waals surface area contributed by atoms with E-state index in [1.807, 2.05) is 6.92 Å². The lowest BCUT2D eigenvalue weighted by atomic mass is 10.2. The van der Waals surface area contributed by atoms with Gasteiger partial charge in [0.2, 0.25) is 0 Å². The molecule has 0 saturated carbocycles. The first kappa shape index (κ1) is 12.7. The fraction of sp³-hybridized carbons (Fsp3) is 0.600. The Morgan fingerprint density at radius 3 is 2.75 bits per heavy atom. The van der Waals surface area contributed by atoms with E-state index in [-0.39, 0.29) is 6.10 Å². The predicted octanol–water partition coefficient (Wildman–Crippen LogP) is 0.644. The van der Waals surface area contributed by atoms with Gasteiger partial charge in [-0.1, -0.05) is 0 Å². The molecule has 6 heteroatoms. The zero-order chi connectivity index (χ0) is 12.0. The molecule has 0 spiro atoms. The second-order valence-electron chi connectivity index (χ2n) is 3.76. The summed E-state index contributed by atoms with van der Waals surface area (Å²) in [6.07, 6.45) is 2.87. The number of nitrogens with zero attached hydrogens (tertiary/aromatic N) is 2. The van der Waals surface area contributed by atoms with Crippen molar-refractivity contribution in [2.75, 3.05) is 17.3 Å². The monoisotopic (exact) mass is 225 g/mol. The van der Waals surface area contributed by atoms with Gasteiger partial charge in [-0.2, -0.15) is 0 Å². The lowest BCUT2D eigenvalue weighted by molar-refractivity contribution is 0.183. The topological polar surface area (TPSA) is 96.1 Å². The van der Waals surface area contributed by atoms with Gasteiger partial charge in [0.15, 0.2) is 0 Å². The molecule has 0 aliphatic heterocycles. The van der Waals surface area contributed by atoms with Crippen LogP contribution in [0.4, 0.5) is 11.6 Å². The zero-order valence-electron chi connectivity index (χ0n) is 9.70. The van der Waals surface area contributed by atoms with Gasteiger partial charge in [-0.05, 0) is 26.7 Å². The molecule has 0 aromatic carbocycles. The van der Waals surface area contributed by atoms with Crippen molar-refractivity contribution in [3.8, 4) is 0 Å². The number of anilines is 2. The van der Waals surface area contributed by atoms with E-state index in [2.05, 4.69) is 20.7 Å². The van der Waals surface area contributed by atoms with Crippen LogP contribution in [0, 0.1) is 6.92 Å².